The Bertz CT molecular complexity index is 1340. The molecular weight excluding hydrogens is 712 g/mol. The topological polar surface area (TPSA) is 43.1 Å². The van der Waals surface area contributed by atoms with Crippen LogP contribution in [-0.4, -0.2) is 33.1 Å². The Morgan fingerprint density at radius 3 is 1.40 bits per heavy atom. The van der Waals surface area contributed by atoms with Gasteiger partial charge in [0.1, 0.15) is 19.5 Å². The highest BCUT2D eigenvalue weighted by Gasteiger charge is 2.91. The first-order chi connectivity index (χ1) is 15.9. The summed E-state index contributed by atoms with van der Waals surface area (Å²) in [5, 5.41) is 11.4. The second kappa shape index (κ2) is 7.25. The third kappa shape index (κ3) is 2.35. The second-order valence-corrected chi connectivity index (χ2v) is 15.9. The van der Waals surface area contributed by atoms with E-state index in [1.54, 1.807) is 0 Å². The molecule has 0 N–H and O–H groups in total. The summed E-state index contributed by atoms with van der Waals surface area (Å²) in [6, 6.07) is 4.20. The number of hydrogen-bond acceptors (Lipinski definition) is 2. The predicted molar refractivity (Wildman–Crippen MR) is 146 cm³/mol. The Balaban J connectivity index is 1.79. The molecule has 1 aromatic rings. The van der Waals surface area contributed by atoms with E-state index in [0.717, 1.165) is 0 Å². The Morgan fingerprint density at radius 2 is 1.00 bits per heavy atom. The fraction of sp³-hybridized carbons (Fsp3) is 0.500. The fourth-order valence-corrected chi connectivity index (χ4v) is 13.1. The number of nitro benzene ring substituents is 1. The number of halogens is 12. The van der Waals surface area contributed by atoms with Gasteiger partial charge in [0, 0.05) is 35.8 Å². The molecule has 5 aliphatic rings. The number of benzene rings is 1. The normalized spacial score (nSPS) is 47.8. The highest BCUT2D eigenvalue weighted by atomic mass is 35.5. The molecule has 0 radical (unpaired) electrons. The molecule has 0 spiro atoms. The van der Waals surface area contributed by atoms with Gasteiger partial charge >= 0.3 is 0 Å². The fourth-order valence-electron chi connectivity index (χ4n) is 7.00. The first kappa shape index (κ1) is 26.8. The average Bonchev–Trinajstić information content (AvgIpc) is 3.13. The number of nitro groups is 1. The van der Waals surface area contributed by atoms with Crippen molar-refractivity contribution < 1.29 is 4.92 Å². The lowest BCUT2D eigenvalue weighted by molar-refractivity contribution is -0.385. The van der Waals surface area contributed by atoms with Gasteiger partial charge in [0.15, 0.2) is 8.67 Å². The molecule has 0 amide bonds. The number of nitrogens with zero attached hydrogens (tertiary/aromatic N) is 1. The van der Waals surface area contributed by atoms with Crippen molar-refractivity contribution in [2.75, 3.05) is 0 Å². The molecule has 4 bridgehead atoms. The van der Waals surface area contributed by atoms with E-state index in [4.69, 9.17) is 139 Å². The van der Waals surface area contributed by atoms with Crippen molar-refractivity contribution >= 4 is 145 Å². The molecule has 188 valence electrons. The zero-order chi connectivity index (χ0) is 26.0. The second-order valence-electron chi connectivity index (χ2n) is 9.33. The van der Waals surface area contributed by atoms with E-state index in [1.807, 2.05) is 0 Å². The molecule has 0 heterocycles. The van der Waals surface area contributed by atoms with E-state index in [1.165, 1.54) is 18.2 Å². The first-order valence-electron chi connectivity index (χ1n) is 9.83. The van der Waals surface area contributed by atoms with Crippen molar-refractivity contribution in [3.63, 3.8) is 0 Å². The van der Waals surface area contributed by atoms with Crippen LogP contribution in [0.1, 0.15) is 23.0 Å². The zero-order valence-corrected chi connectivity index (χ0v) is 25.4. The van der Waals surface area contributed by atoms with Crippen molar-refractivity contribution in [3.8, 4) is 0 Å². The summed E-state index contributed by atoms with van der Waals surface area (Å²) < 4.78 is -3.93. The molecule has 5 aliphatic carbocycles. The van der Waals surface area contributed by atoms with Crippen LogP contribution in [0.25, 0.3) is 0 Å². The number of hydrogen-bond donors (Lipinski definition) is 0. The molecule has 15 heteroatoms. The summed E-state index contributed by atoms with van der Waals surface area (Å²) >= 11 is 82.9. The molecule has 0 aromatic heterocycles. The summed E-state index contributed by atoms with van der Waals surface area (Å²) in [7, 11) is 0. The van der Waals surface area contributed by atoms with Gasteiger partial charge in [-0.3, -0.25) is 10.1 Å². The Morgan fingerprint density at radius 1 is 0.629 bits per heavy atom. The molecule has 8 atom stereocenters. The monoisotopic (exact) mass is 713 g/mol. The highest BCUT2D eigenvalue weighted by molar-refractivity contribution is 6.67. The Hall–Kier alpha value is 1.58. The number of fused-ring (bicyclic) bond motifs is 14. The number of alkyl halides is 8. The van der Waals surface area contributed by atoms with Gasteiger partial charge in [-0.15, -0.1) is 46.4 Å². The van der Waals surface area contributed by atoms with Crippen molar-refractivity contribution in [1.82, 2.24) is 0 Å². The molecule has 2 fully saturated rings. The number of allylic oxidation sites excluding steroid dienone is 4. The maximum absolute atomic E-state index is 11.7. The van der Waals surface area contributed by atoms with Gasteiger partial charge in [0.2, 0.25) is 0 Å². The summed E-state index contributed by atoms with van der Waals surface area (Å²) in [6.07, 6.45) is 0. The van der Waals surface area contributed by atoms with Gasteiger partial charge in [0.05, 0.1) is 25.1 Å². The van der Waals surface area contributed by atoms with Crippen LogP contribution >= 0.6 is 139 Å². The third-order valence-corrected chi connectivity index (χ3v) is 16.9. The first-order valence-corrected chi connectivity index (χ1v) is 14.4. The Kier molecular flexibility index (Phi) is 5.55. The standard InChI is InChI=1S/C20H7Cl12NO2/c21-11-13(23)17(27)9-7(15(11,25)19(17,29)30)5-2-1-4(33(34)35)3-6(5)8-10(9)18(28)14(24)12(22)16(8,26)20(18,31)32/h1-3,7-10H/t7-,8-,9-,10-,15-,16-,17-,18-/m1/s1. The number of rotatable bonds is 1. The van der Waals surface area contributed by atoms with Crippen LogP contribution < -0.4 is 0 Å². The van der Waals surface area contributed by atoms with Gasteiger partial charge in [-0.2, -0.15) is 0 Å². The van der Waals surface area contributed by atoms with Crippen LogP contribution in [0, 0.1) is 22.0 Å². The van der Waals surface area contributed by atoms with Crippen LogP contribution in [-0.2, 0) is 0 Å². The van der Waals surface area contributed by atoms with Gasteiger partial charge in [0.25, 0.3) is 5.69 Å². The van der Waals surface area contributed by atoms with Gasteiger partial charge < -0.3 is 0 Å². The van der Waals surface area contributed by atoms with Crippen LogP contribution in [0.15, 0.2) is 38.3 Å². The minimum absolute atomic E-state index is 0.0418. The van der Waals surface area contributed by atoms with Crippen LogP contribution in [0.2, 0.25) is 0 Å². The van der Waals surface area contributed by atoms with Crippen molar-refractivity contribution in [1.29, 1.82) is 0 Å². The molecular formula is C20H7Cl12NO2. The maximum Gasteiger partial charge on any atom is 0.269 e. The highest BCUT2D eigenvalue weighted by Crippen LogP contribution is 2.88. The summed E-state index contributed by atoms with van der Waals surface area (Å²) in [4.78, 5) is 4.05. The minimum Gasteiger partial charge on any atom is -0.258 e. The molecule has 1 aromatic carbocycles. The molecule has 2 saturated carbocycles. The lowest BCUT2D eigenvalue weighted by Crippen LogP contribution is -2.53. The SMILES string of the molecule is O=[N+]([O-])c1ccc2c(c1)[C@@H]1[C@H]([C@H]3[C@@H]2[C@@]2(Cl)C(Cl)=C(Cl)[C@@]3(Cl)C2(Cl)Cl)[C@@]2(Cl)C(Cl)=C(Cl)[C@@]1(Cl)C2(Cl)Cl. The molecule has 35 heavy (non-hydrogen) atoms. The Labute approximate surface area is 258 Å². The maximum atomic E-state index is 11.7. The van der Waals surface area contributed by atoms with Crippen molar-refractivity contribution in [3.05, 3.63) is 59.6 Å². The zero-order valence-electron chi connectivity index (χ0n) is 16.3. The summed E-state index contributed by atoms with van der Waals surface area (Å²) in [5.41, 5.74) is 0.669. The van der Waals surface area contributed by atoms with E-state index in [-0.39, 0.29) is 25.8 Å². The van der Waals surface area contributed by atoms with Crippen LogP contribution in [0.4, 0.5) is 5.69 Å². The molecule has 0 unspecified atom stereocenters. The van der Waals surface area contributed by atoms with E-state index in [0.29, 0.717) is 11.1 Å². The van der Waals surface area contributed by atoms with Crippen molar-refractivity contribution in [2.45, 2.75) is 40.0 Å². The summed E-state index contributed by atoms with van der Waals surface area (Å²) in [6.45, 7) is 0. The van der Waals surface area contributed by atoms with Gasteiger partial charge in [-0.25, -0.2) is 0 Å². The third-order valence-electron chi connectivity index (χ3n) is 8.32. The lowest BCUT2D eigenvalue weighted by Gasteiger charge is -2.52. The quantitative estimate of drug-likeness (QED) is 0.165. The van der Waals surface area contributed by atoms with E-state index in [2.05, 4.69) is 0 Å². The lowest BCUT2D eigenvalue weighted by atomic mass is 9.57. The van der Waals surface area contributed by atoms with E-state index < -0.39 is 56.8 Å². The van der Waals surface area contributed by atoms with Crippen LogP contribution in [0.5, 0.6) is 0 Å². The smallest absolute Gasteiger partial charge is 0.258 e. The largest absolute Gasteiger partial charge is 0.269 e. The molecule has 3 nitrogen and oxygen atoms in total. The molecule has 6 rings (SSSR count). The van der Waals surface area contributed by atoms with Gasteiger partial charge in [-0.1, -0.05) is 98.9 Å². The van der Waals surface area contributed by atoms with Crippen LogP contribution in [0.3, 0.4) is 0 Å². The number of non-ortho nitro benzene ring substituents is 1. The van der Waals surface area contributed by atoms with E-state index >= 15 is 0 Å². The molecule has 0 saturated heterocycles. The van der Waals surface area contributed by atoms with Gasteiger partial charge in [-0.05, 0) is 11.1 Å². The summed E-state index contributed by atoms with van der Waals surface area (Å²) in [5.74, 6) is -3.52. The van der Waals surface area contributed by atoms with E-state index in [9.17, 15) is 10.1 Å². The molecule has 0 aliphatic heterocycles. The predicted octanol–water partition coefficient (Wildman–Crippen LogP) is 9.70. The average molecular weight is 719 g/mol. The minimum atomic E-state index is -1.99. The van der Waals surface area contributed by atoms with Crippen molar-refractivity contribution in [2.24, 2.45) is 11.8 Å².